The molecular formula is C23H33N3O4. The van der Waals surface area contributed by atoms with Crippen LogP contribution in [0.2, 0.25) is 0 Å². The highest BCUT2D eigenvalue weighted by atomic mass is 16.7. The van der Waals surface area contributed by atoms with Crippen molar-refractivity contribution in [2.24, 2.45) is 50.7 Å². The molecule has 7 heteroatoms. The summed E-state index contributed by atoms with van der Waals surface area (Å²) in [5.41, 5.74) is -0.948. The molecule has 5 rings (SSSR count). The van der Waals surface area contributed by atoms with Crippen LogP contribution in [0.1, 0.15) is 48.0 Å². The van der Waals surface area contributed by atoms with Gasteiger partial charge < -0.3 is 20.4 Å². The maximum Gasteiger partial charge on any atom is 0.164 e. The predicted molar refractivity (Wildman–Crippen MR) is 110 cm³/mol. The second kappa shape index (κ2) is 5.81. The molecule has 2 bridgehead atoms. The van der Waals surface area contributed by atoms with E-state index in [2.05, 4.69) is 31.1 Å². The van der Waals surface area contributed by atoms with Gasteiger partial charge in [-0.05, 0) is 61.5 Å². The average molecular weight is 416 g/mol. The highest BCUT2D eigenvalue weighted by Crippen LogP contribution is 2.72. The number of hydrogen-bond donors (Lipinski definition) is 2. The summed E-state index contributed by atoms with van der Waals surface area (Å²) in [6, 6.07) is -0.739. The molecule has 0 aromatic carbocycles. The number of ketones is 1. The van der Waals surface area contributed by atoms with Gasteiger partial charge in [0, 0.05) is 5.92 Å². The standard InChI is InChI=1S/C23H33N3O4/c1-11-9-22-12(2)7-15-16(20(15,3)4)14(18(22)27)8-13-10-29-21(5,6)30-19(13)23(22,28)17(11)25-26-24/h8-9,12,14-17,19,28H,7,10H2,1-6H3,(H2,24,25)/t12-,14+,15-,16+,17+,19-,22+,23-/m1/s1. The van der Waals surface area contributed by atoms with Crippen LogP contribution in [0.3, 0.4) is 0 Å². The number of carbonyl (C=O) groups excluding carboxylic acids is 1. The van der Waals surface area contributed by atoms with E-state index >= 15 is 0 Å². The Kier molecular flexibility index (Phi) is 3.94. The van der Waals surface area contributed by atoms with Crippen molar-refractivity contribution >= 4 is 5.78 Å². The van der Waals surface area contributed by atoms with Crippen molar-refractivity contribution in [2.45, 2.75) is 71.5 Å². The van der Waals surface area contributed by atoms with Gasteiger partial charge in [-0.15, -0.1) is 0 Å². The molecule has 0 unspecified atom stereocenters. The van der Waals surface area contributed by atoms with Crippen molar-refractivity contribution in [1.82, 2.24) is 0 Å². The van der Waals surface area contributed by atoms with Crippen molar-refractivity contribution in [3.8, 4) is 0 Å². The number of nitrogens with zero attached hydrogens (tertiary/aromatic N) is 2. The molecule has 1 spiro atoms. The monoisotopic (exact) mass is 415 g/mol. The first-order valence-corrected chi connectivity index (χ1v) is 11.0. The molecule has 7 nitrogen and oxygen atoms in total. The van der Waals surface area contributed by atoms with Crippen molar-refractivity contribution in [2.75, 3.05) is 6.61 Å². The topological polar surface area (TPSA) is 106 Å². The first-order chi connectivity index (χ1) is 13.9. The molecule has 30 heavy (non-hydrogen) atoms. The van der Waals surface area contributed by atoms with E-state index in [1.165, 1.54) is 0 Å². The lowest BCUT2D eigenvalue weighted by atomic mass is 9.58. The second-order valence-corrected chi connectivity index (χ2v) is 11.1. The molecule has 1 heterocycles. The Morgan fingerprint density at radius 1 is 1.27 bits per heavy atom. The summed E-state index contributed by atoms with van der Waals surface area (Å²) in [5, 5.41) is 20.3. The number of Topliss-reactive ketones (excluding diaryl/α,β-unsaturated/α-hetero) is 1. The molecule has 3 N–H and O–H groups in total. The van der Waals surface area contributed by atoms with E-state index in [-0.39, 0.29) is 29.0 Å². The van der Waals surface area contributed by atoms with Crippen LogP contribution in [0.5, 0.6) is 0 Å². The van der Waals surface area contributed by atoms with Crippen molar-refractivity contribution in [3.05, 3.63) is 23.3 Å². The van der Waals surface area contributed by atoms with E-state index in [0.29, 0.717) is 12.5 Å². The zero-order valence-corrected chi connectivity index (χ0v) is 18.7. The minimum Gasteiger partial charge on any atom is -0.383 e. The van der Waals surface area contributed by atoms with Crippen molar-refractivity contribution in [3.63, 3.8) is 0 Å². The zero-order valence-electron chi connectivity index (χ0n) is 18.7. The smallest absolute Gasteiger partial charge is 0.164 e. The molecule has 0 radical (unpaired) electrons. The number of ether oxygens (including phenoxy) is 2. The lowest BCUT2D eigenvalue weighted by molar-refractivity contribution is -0.294. The average Bonchev–Trinajstić information content (AvgIpc) is 3.14. The summed E-state index contributed by atoms with van der Waals surface area (Å²) in [4.78, 5) is 14.3. The van der Waals surface area contributed by atoms with E-state index in [9.17, 15) is 9.90 Å². The first-order valence-electron chi connectivity index (χ1n) is 11.0. The highest BCUT2D eigenvalue weighted by molar-refractivity contribution is 5.95. The number of carbonyl (C=O) groups is 1. The predicted octanol–water partition coefficient (Wildman–Crippen LogP) is 2.95. The van der Waals surface area contributed by atoms with Crippen LogP contribution >= 0.6 is 0 Å². The number of fused-ring (bicyclic) bond motifs is 5. The number of rotatable bonds is 1. The quantitative estimate of drug-likeness (QED) is 0.296. The van der Waals surface area contributed by atoms with Crippen LogP contribution in [0.15, 0.2) is 33.6 Å². The van der Waals surface area contributed by atoms with Crippen LogP contribution in [0.4, 0.5) is 0 Å². The third-order valence-corrected chi connectivity index (χ3v) is 8.89. The molecular weight excluding hydrogens is 382 g/mol. The maximum absolute atomic E-state index is 14.3. The third kappa shape index (κ3) is 2.19. The van der Waals surface area contributed by atoms with Crippen LogP contribution in [0.25, 0.3) is 0 Å². The summed E-state index contributed by atoms with van der Waals surface area (Å²) >= 11 is 0. The van der Waals surface area contributed by atoms with Gasteiger partial charge in [0.25, 0.3) is 0 Å². The summed E-state index contributed by atoms with van der Waals surface area (Å²) in [7, 11) is 0. The number of aliphatic hydroxyl groups is 1. The summed E-state index contributed by atoms with van der Waals surface area (Å²) in [5.74, 6) is 5.02. The molecule has 2 saturated carbocycles. The SMILES string of the molecule is CC1=C[C@]23C(=O)[C@@H](C=C4COC(C)(C)O[C@H]4[C@]2(O)[C@H]1N=NN)[C@H]1[C@@H](C[C@H]3C)C1(C)C. The fourth-order valence-electron chi connectivity index (χ4n) is 7.38. The molecule has 0 amide bonds. The van der Waals surface area contributed by atoms with E-state index in [1.807, 2.05) is 32.9 Å². The van der Waals surface area contributed by atoms with Gasteiger partial charge in [-0.3, -0.25) is 4.79 Å². The van der Waals surface area contributed by atoms with E-state index in [1.54, 1.807) is 0 Å². The van der Waals surface area contributed by atoms with Gasteiger partial charge in [0.2, 0.25) is 0 Å². The van der Waals surface area contributed by atoms with Gasteiger partial charge in [-0.2, -0.15) is 5.11 Å². The Hall–Kier alpha value is -1.57. The van der Waals surface area contributed by atoms with Gasteiger partial charge >= 0.3 is 0 Å². The summed E-state index contributed by atoms with van der Waals surface area (Å²) in [6.45, 7) is 12.5. The van der Waals surface area contributed by atoms with Gasteiger partial charge in [-0.25, -0.2) is 0 Å². The number of allylic oxidation sites excluding steroid dienone is 1. The minimum absolute atomic E-state index is 0.0653. The van der Waals surface area contributed by atoms with Crippen LogP contribution in [-0.4, -0.2) is 41.0 Å². The Labute approximate surface area is 177 Å². The molecule has 0 aromatic heterocycles. The Bertz CT molecular complexity index is 906. The summed E-state index contributed by atoms with van der Waals surface area (Å²) < 4.78 is 12.3. The lowest BCUT2D eigenvalue weighted by Crippen LogP contribution is -2.67. The molecule has 3 fully saturated rings. The largest absolute Gasteiger partial charge is 0.383 e. The Morgan fingerprint density at radius 2 is 1.97 bits per heavy atom. The molecule has 8 atom stereocenters. The molecule has 1 aliphatic heterocycles. The van der Waals surface area contributed by atoms with Gasteiger partial charge in [0.05, 0.1) is 12.0 Å². The fraction of sp³-hybridized carbons (Fsp3) is 0.783. The molecule has 164 valence electrons. The van der Waals surface area contributed by atoms with Crippen LogP contribution < -0.4 is 5.84 Å². The maximum atomic E-state index is 14.3. The van der Waals surface area contributed by atoms with E-state index in [4.69, 9.17) is 15.3 Å². The van der Waals surface area contributed by atoms with E-state index < -0.39 is 28.9 Å². The summed E-state index contributed by atoms with van der Waals surface area (Å²) in [6.07, 6.45) is 4.17. The van der Waals surface area contributed by atoms with Crippen molar-refractivity contribution in [1.29, 1.82) is 0 Å². The van der Waals surface area contributed by atoms with Gasteiger partial charge in [0.15, 0.2) is 11.6 Å². The van der Waals surface area contributed by atoms with Crippen LogP contribution in [-0.2, 0) is 14.3 Å². The zero-order chi connectivity index (χ0) is 21.9. The number of nitrogens with two attached hydrogens (primary N) is 1. The van der Waals surface area contributed by atoms with Crippen LogP contribution in [0, 0.1) is 34.5 Å². The molecule has 4 aliphatic carbocycles. The normalized spacial score (nSPS) is 50.6. The molecule has 0 aromatic rings. The van der Waals surface area contributed by atoms with Gasteiger partial charge in [0.1, 0.15) is 17.7 Å². The van der Waals surface area contributed by atoms with E-state index in [0.717, 1.165) is 17.6 Å². The van der Waals surface area contributed by atoms with Crippen molar-refractivity contribution < 1.29 is 19.4 Å². The molecule has 1 saturated heterocycles. The lowest BCUT2D eigenvalue weighted by Gasteiger charge is -2.52. The first kappa shape index (κ1) is 20.3. The third-order valence-electron chi connectivity index (χ3n) is 8.89. The highest BCUT2D eigenvalue weighted by Gasteiger charge is 2.76. The molecule has 5 aliphatic rings. The Morgan fingerprint density at radius 3 is 2.63 bits per heavy atom. The Balaban J connectivity index is 1.78. The number of hydrogen-bond acceptors (Lipinski definition) is 6. The second-order valence-electron chi connectivity index (χ2n) is 11.1. The fourth-order valence-corrected chi connectivity index (χ4v) is 7.38. The minimum atomic E-state index is -1.60. The van der Waals surface area contributed by atoms with Gasteiger partial charge in [-0.1, -0.05) is 38.1 Å².